The van der Waals surface area contributed by atoms with Crippen LogP contribution in [0.15, 0.2) is 19.0 Å². The number of aryl methyl sites for hydroxylation is 3. The van der Waals surface area contributed by atoms with Crippen molar-refractivity contribution in [2.24, 2.45) is 0 Å². The lowest BCUT2D eigenvalue weighted by Gasteiger charge is -1.94. The van der Waals surface area contributed by atoms with Crippen molar-refractivity contribution in [2.45, 2.75) is 20.8 Å². The maximum Gasteiger partial charge on any atom is 0.225 e. The van der Waals surface area contributed by atoms with Crippen molar-refractivity contribution in [3.8, 4) is 0 Å². The highest BCUT2D eigenvalue weighted by Gasteiger charge is 2.05. The maximum atomic E-state index is 5.70. The van der Waals surface area contributed by atoms with Crippen LogP contribution in [-0.4, -0.2) is 59.8 Å². The van der Waals surface area contributed by atoms with E-state index in [1.807, 2.05) is 20.8 Å². The van der Waals surface area contributed by atoms with Crippen molar-refractivity contribution in [3.63, 3.8) is 0 Å². The molecule has 0 aliphatic rings. The Bertz CT molecular complexity index is 1370. The number of fused-ring (bicyclic) bond motifs is 3. The summed E-state index contributed by atoms with van der Waals surface area (Å²) in [5.74, 6) is 0.766. The first-order valence-electron chi connectivity index (χ1n) is 9.31. The van der Waals surface area contributed by atoms with E-state index in [2.05, 4.69) is 59.8 Å². The normalized spacial score (nSPS) is 10.7. The second-order valence-electron chi connectivity index (χ2n) is 6.52. The van der Waals surface area contributed by atoms with Crippen LogP contribution in [0.3, 0.4) is 0 Å². The predicted octanol–water partition coefficient (Wildman–Crippen LogP) is 3.94. The lowest BCUT2D eigenvalue weighted by Crippen LogP contribution is -1.91. The van der Waals surface area contributed by atoms with Gasteiger partial charge in [0.1, 0.15) is 22.4 Å². The minimum absolute atomic E-state index is 0.106. The van der Waals surface area contributed by atoms with E-state index < -0.39 is 0 Å². The molecule has 6 rings (SSSR count). The molecular formula is C18H15Cl3N12. The Hall–Kier alpha value is -3.48. The van der Waals surface area contributed by atoms with Crippen LogP contribution in [0, 0.1) is 20.8 Å². The standard InChI is InChI=1S/C7H8N4.C6H5ClN4.C5H2Cl2N4/c1-4-6-7(9-3-8-6)11-5(2)10-4;1-3-4-5(9-2-8-4)11-6(7)10-3;6-3-2-4(9-1-8-2)11-5(7)10-3/h3H,1-2H3,(H,8,9,10,11);2H,1H3,(H,8,9,10,11);1H,(H,8,9,10,11). The van der Waals surface area contributed by atoms with Crippen molar-refractivity contribution in [3.05, 3.63) is 51.9 Å². The Labute approximate surface area is 200 Å². The quantitative estimate of drug-likeness (QED) is 0.205. The summed E-state index contributed by atoms with van der Waals surface area (Å²) in [6, 6.07) is 0. The molecule has 12 nitrogen and oxygen atoms in total. The van der Waals surface area contributed by atoms with E-state index in [0.29, 0.717) is 16.8 Å². The lowest BCUT2D eigenvalue weighted by atomic mass is 10.4. The first-order valence-corrected chi connectivity index (χ1v) is 10.4. The van der Waals surface area contributed by atoms with Crippen LogP contribution in [0.1, 0.15) is 17.2 Å². The number of hydrogen-bond donors (Lipinski definition) is 3. The maximum absolute atomic E-state index is 5.70. The summed E-state index contributed by atoms with van der Waals surface area (Å²) in [4.78, 5) is 44.3. The molecule has 0 aromatic carbocycles. The van der Waals surface area contributed by atoms with Crippen molar-refractivity contribution < 1.29 is 0 Å². The fourth-order valence-corrected chi connectivity index (χ4v) is 3.47. The molecule has 0 amide bonds. The van der Waals surface area contributed by atoms with E-state index in [-0.39, 0.29) is 15.7 Å². The molecule has 0 aliphatic heterocycles. The van der Waals surface area contributed by atoms with Gasteiger partial charge >= 0.3 is 0 Å². The average molecular weight is 506 g/mol. The van der Waals surface area contributed by atoms with E-state index in [0.717, 1.165) is 33.9 Å². The Morgan fingerprint density at radius 1 is 0.545 bits per heavy atom. The number of halogens is 3. The van der Waals surface area contributed by atoms with Crippen LogP contribution in [0.2, 0.25) is 15.7 Å². The van der Waals surface area contributed by atoms with Gasteiger partial charge in [-0.25, -0.2) is 34.9 Å². The van der Waals surface area contributed by atoms with Gasteiger partial charge in [0.15, 0.2) is 22.1 Å². The highest BCUT2D eigenvalue weighted by Crippen LogP contribution is 2.17. The summed E-state index contributed by atoms with van der Waals surface area (Å²) in [6.07, 6.45) is 4.69. The molecule has 6 heterocycles. The molecule has 33 heavy (non-hydrogen) atoms. The van der Waals surface area contributed by atoms with Gasteiger partial charge in [-0.3, -0.25) is 0 Å². The van der Waals surface area contributed by atoms with Crippen LogP contribution in [0.5, 0.6) is 0 Å². The molecule has 0 fully saturated rings. The molecule has 0 saturated carbocycles. The number of nitrogens with one attached hydrogen (secondary N) is 3. The summed E-state index contributed by atoms with van der Waals surface area (Å²) in [6.45, 7) is 5.66. The largest absolute Gasteiger partial charge is 0.342 e. The third kappa shape index (κ3) is 5.13. The zero-order valence-corrected chi connectivity index (χ0v) is 19.7. The minimum Gasteiger partial charge on any atom is -0.342 e. The second-order valence-corrected chi connectivity index (χ2v) is 7.56. The van der Waals surface area contributed by atoms with Crippen molar-refractivity contribution in [2.75, 3.05) is 0 Å². The Kier molecular flexibility index (Phi) is 6.58. The van der Waals surface area contributed by atoms with Gasteiger partial charge in [0, 0.05) is 0 Å². The number of imidazole rings is 3. The molecule has 0 saturated heterocycles. The molecule has 0 aliphatic carbocycles. The van der Waals surface area contributed by atoms with Gasteiger partial charge < -0.3 is 15.0 Å². The van der Waals surface area contributed by atoms with E-state index in [9.17, 15) is 0 Å². The van der Waals surface area contributed by atoms with Crippen LogP contribution in [0.4, 0.5) is 0 Å². The minimum atomic E-state index is 0.106. The number of aromatic amines is 3. The molecule has 6 aromatic heterocycles. The number of nitrogens with zero attached hydrogens (tertiary/aromatic N) is 9. The molecular weight excluding hydrogens is 491 g/mol. The van der Waals surface area contributed by atoms with Crippen molar-refractivity contribution >= 4 is 68.3 Å². The number of hydrogen-bond acceptors (Lipinski definition) is 9. The van der Waals surface area contributed by atoms with E-state index >= 15 is 0 Å². The van der Waals surface area contributed by atoms with E-state index in [1.165, 1.54) is 6.33 Å². The fraction of sp³-hybridized carbons (Fsp3) is 0.167. The molecule has 0 bridgehead atoms. The van der Waals surface area contributed by atoms with E-state index in [4.69, 9.17) is 34.8 Å². The number of H-pyrrole nitrogens is 3. The van der Waals surface area contributed by atoms with Crippen molar-refractivity contribution in [1.82, 2.24) is 59.8 Å². The van der Waals surface area contributed by atoms with Gasteiger partial charge in [0.05, 0.1) is 30.4 Å². The predicted molar refractivity (Wildman–Crippen MR) is 124 cm³/mol. The van der Waals surface area contributed by atoms with Crippen LogP contribution in [0.25, 0.3) is 33.5 Å². The summed E-state index contributed by atoms with van der Waals surface area (Å²) in [7, 11) is 0. The molecule has 168 valence electrons. The Balaban J connectivity index is 0.000000118. The van der Waals surface area contributed by atoms with E-state index in [1.54, 1.807) is 12.7 Å². The Morgan fingerprint density at radius 3 is 1.61 bits per heavy atom. The zero-order valence-electron chi connectivity index (χ0n) is 17.4. The zero-order chi connectivity index (χ0) is 23.5. The summed E-state index contributed by atoms with van der Waals surface area (Å²) < 4.78 is 0. The molecule has 15 heteroatoms. The molecule has 0 radical (unpaired) electrons. The molecule has 0 unspecified atom stereocenters. The average Bonchev–Trinajstić information content (AvgIpc) is 3.48. The van der Waals surface area contributed by atoms with Gasteiger partial charge in [0.2, 0.25) is 10.6 Å². The third-order valence-electron chi connectivity index (χ3n) is 4.23. The topological polar surface area (TPSA) is 163 Å². The third-order valence-corrected chi connectivity index (χ3v) is 4.84. The molecule has 3 N–H and O–H groups in total. The highest BCUT2D eigenvalue weighted by atomic mass is 35.5. The van der Waals surface area contributed by atoms with Gasteiger partial charge in [-0.1, -0.05) is 11.6 Å². The van der Waals surface area contributed by atoms with Crippen LogP contribution < -0.4 is 0 Å². The smallest absolute Gasteiger partial charge is 0.225 e. The molecule has 0 atom stereocenters. The molecule has 0 spiro atoms. The number of aromatic nitrogens is 12. The first-order chi connectivity index (χ1) is 15.8. The van der Waals surface area contributed by atoms with Crippen LogP contribution in [-0.2, 0) is 0 Å². The van der Waals surface area contributed by atoms with Crippen molar-refractivity contribution in [1.29, 1.82) is 0 Å². The van der Waals surface area contributed by atoms with Gasteiger partial charge in [-0.05, 0) is 44.0 Å². The lowest BCUT2D eigenvalue weighted by molar-refractivity contribution is 1.04. The summed E-state index contributed by atoms with van der Waals surface area (Å²) in [5, 5.41) is 0.634. The highest BCUT2D eigenvalue weighted by molar-refractivity contribution is 6.35. The monoisotopic (exact) mass is 504 g/mol. The Morgan fingerprint density at radius 2 is 1.00 bits per heavy atom. The summed E-state index contributed by atoms with van der Waals surface area (Å²) >= 11 is 16.8. The SMILES string of the molecule is Cc1nc(C)c2[nH]cnc2n1.Cc1nc(Cl)nc2nc[nH]c12.Clc1nc(Cl)c2[nH]cnc2n1. The summed E-state index contributed by atoms with van der Waals surface area (Å²) in [5.41, 5.74) is 5.98. The fourth-order valence-electron chi connectivity index (χ4n) is 2.83. The van der Waals surface area contributed by atoms with Gasteiger partial charge in [-0.15, -0.1) is 0 Å². The van der Waals surface area contributed by atoms with Gasteiger partial charge in [-0.2, -0.15) is 9.97 Å². The number of rotatable bonds is 0. The van der Waals surface area contributed by atoms with Crippen LogP contribution >= 0.6 is 34.8 Å². The van der Waals surface area contributed by atoms with Gasteiger partial charge in [0.25, 0.3) is 0 Å². The molecule has 6 aromatic rings. The second kappa shape index (κ2) is 9.57. The first kappa shape index (κ1) is 22.7.